The van der Waals surface area contributed by atoms with Crippen LogP contribution in [0.25, 0.3) is 0 Å². The number of thiazole rings is 1. The van der Waals surface area contributed by atoms with Gasteiger partial charge in [-0.05, 0) is 12.3 Å². The smallest absolute Gasteiger partial charge is 0.143 e. The van der Waals surface area contributed by atoms with Crippen molar-refractivity contribution < 1.29 is 4.79 Å². The fourth-order valence-electron chi connectivity index (χ4n) is 1.39. The van der Waals surface area contributed by atoms with Gasteiger partial charge in [0.25, 0.3) is 0 Å². The van der Waals surface area contributed by atoms with E-state index < -0.39 is 0 Å². The lowest BCUT2D eigenvalue weighted by atomic mass is 10.2. The maximum atomic E-state index is 11.4. The molecule has 0 radical (unpaired) electrons. The molecule has 1 aromatic rings. The first-order valence-corrected chi connectivity index (χ1v) is 5.06. The molecule has 0 amide bonds. The monoisotopic (exact) mass is 181 g/mol. The summed E-state index contributed by atoms with van der Waals surface area (Å²) in [6, 6.07) is 0. The molecule has 64 valence electrons. The second kappa shape index (κ2) is 2.98. The van der Waals surface area contributed by atoms with Crippen LogP contribution >= 0.6 is 11.3 Å². The van der Waals surface area contributed by atoms with Gasteiger partial charge in [-0.25, -0.2) is 4.98 Å². The average Bonchev–Trinajstić information content (AvgIpc) is 2.58. The third-order valence-corrected chi connectivity index (χ3v) is 3.11. The van der Waals surface area contributed by atoms with Gasteiger partial charge >= 0.3 is 0 Å². The Morgan fingerprint density at radius 3 is 3.08 bits per heavy atom. The molecule has 0 N–H and O–H groups in total. The largest absolute Gasteiger partial charge is 0.299 e. The lowest BCUT2D eigenvalue weighted by Crippen LogP contribution is -2.05. The predicted octanol–water partition coefficient (Wildman–Crippen LogP) is 1.91. The van der Waals surface area contributed by atoms with Gasteiger partial charge in [-0.15, -0.1) is 11.3 Å². The van der Waals surface area contributed by atoms with Crippen molar-refractivity contribution in [3.63, 3.8) is 0 Å². The summed E-state index contributed by atoms with van der Waals surface area (Å²) in [5.41, 5.74) is 0. The summed E-state index contributed by atoms with van der Waals surface area (Å²) in [5.74, 6) is 1.34. The van der Waals surface area contributed by atoms with E-state index in [9.17, 15) is 4.79 Å². The summed E-state index contributed by atoms with van der Waals surface area (Å²) in [4.78, 5) is 15.5. The third-order valence-electron chi connectivity index (χ3n) is 2.33. The molecular weight excluding hydrogens is 170 g/mol. The highest BCUT2D eigenvalue weighted by Crippen LogP contribution is 2.39. The number of hydrogen-bond acceptors (Lipinski definition) is 3. The van der Waals surface area contributed by atoms with Crippen molar-refractivity contribution in [3.05, 3.63) is 16.6 Å². The molecule has 1 aromatic heterocycles. The van der Waals surface area contributed by atoms with Crippen LogP contribution in [0.3, 0.4) is 0 Å². The van der Waals surface area contributed by atoms with Gasteiger partial charge in [0.15, 0.2) is 0 Å². The molecule has 0 saturated heterocycles. The number of ketones is 1. The van der Waals surface area contributed by atoms with Gasteiger partial charge < -0.3 is 0 Å². The first-order valence-electron chi connectivity index (χ1n) is 4.18. The molecule has 12 heavy (non-hydrogen) atoms. The molecule has 1 aliphatic rings. The zero-order valence-electron chi connectivity index (χ0n) is 6.99. The Morgan fingerprint density at radius 1 is 1.83 bits per heavy atom. The van der Waals surface area contributed by atoms with Gasteiger partial charge in [0.1, 0.15) is 5.78 Å². The van der Waals surface area contributed by atoms with E-state index in [1.165, 1.54) is 0 Å². The van der Waals surface area contributed by atoms with Crippen LogP contribution in [0.4, 0.5) is 0 Å². The first kappa shape index (κ1) is 7.92. The molecule has 2 atom stereocenters. The van der Waals surface area contributed by atoms with Crippen molar-refractivity contribution >= 4 is 17.1 Å². The lowest BCUT2D eigenvalue weighted by molar-refractivity contribution is -0.119. The van der Waals surface area contributed by atoms with E-state index in [2.05, 4.69) is 11.9 Å². The molecule has 1 saturated carbocycles. The van der Waals surface area contributed by atoms with Crippen LogP contribution in [-0.2, 0) is 11.2 Å². The van der Waals surface area contributed by atoms with Crippen LogP contribution in [0.1, 0.15) is 18.4 Å². The third kappa shape index (κ3) is 1.55. The number of nitrogens with zero attached hydrogens (tertiary/aromatic N) is 1. The molecule has 2 rings (SSSR count). The molecule has 3 heteroatoms. The van der Waals surface area contributed by atoms with Crippen LogP contribution in [-0.4, -0.2) is 10.8 Å². The van der Waals surface area contributed by atoms with E-state index in [-0.39, 0.29) is 0 Å². The molecule has 2 unspecified atom stereocenters. The SMILES string of the molecule is CC1CC1C(=O)Cc1nccs1. The Morgan fingerprint density at radius 2 is 2.58 bits per heavy atom. The number of rotatable bonds is 3. The van der Waals surface area contributed by atoms with E-state index in [4.69, 9.17) is 0 Å². The standard InChI is InChI=1S/C9H11NOS/c1-6-4-7(6)8(11)5-9-10-2-3-12-9/h2-3,6-7H,4-5H2,1H3. The van der Waals surface area contributed by atoms with E-state index in [1.54, 1.807) is 17.5 Å². The number of aromatic nitrogens is 1. The Bertz CT molecular complexity index is 281. The topological polar surface area (TPSA) is 30.0 Å². The quantitative estimate of drug-likeness (QED) is 0.713. The fourth-order valence-corrected chi connectivity index (χ4v) is 2.02. The van der Waals surface area contributed by atoms with Gasteiger partial charge in [0.05, 0.1) is 11.4 Å². The fraction of sp³-hybridized carbons (Fsp3) is 0.556. The maximum Gasteiger partial charge on any atom is 0.143 e. The van der Waals surface area contributed by atoms with E-state index >= 15 is 0 Å². The number of hydrogen-bond donors (Lipinski definition) is 0. The zero-order valence-corrected chi connectivity index (χ0v) is 7.80. The second-order valence-corrected chi connectivity index (χ2v) is 4.37. The summed E-state index contributed by atoms with van der Waals surface area (Å²) in [6.45, 7) is 2.13. The van der Waals surface area contributed by atoms with Crippen LogP contribution in [0.15, 0.2) is 11.6 Å². The number of Topliss-reactive ketones (excluding diaryl/α,β-unsaturated/α-hetero) is 1. The van der Waals surface area contributed by atoms with Gasteiger partial charge in [-0.3, -0.25) is 4.79 Å². The molecular formula is C9H11NOS. The molecule has 1 fully saturated rings. The molecule has 0 bridgehead atoms. The molecule has 1 heterocycles. The second-order valence-electron chi connectivity index (χ2n) is 3.39. The van der Waals surface area contributed by atoms with Crippen molar-refractivity contribution in [1.29, 1.82) is 0 Å². The van der Waals surface area contributed by atoms with E-state index in [1.807, 2.05) is 5.38 Å². The normalized spacial score (nSPS) is 27.1. The van der Waals surface area contributed by atoms with Crippen molar-refractivity contribution in [2.24, 2.45) is 11.8 Å². The lowest BCUT2D eigenvalue weighted by Gasteiger charge is -1.93. The highest BCUT2D eigenvalue weighted by molar-refractivity contribution is 7.09. The van der Waals surface area contributed by atoms with Crippen molar-refractivity contribution in [2.45, 2.75) is 19.8 Å². The van der Waals surface area contributed by atoms with Crippen molar-refractivity contribution in [3.8, 4) is 0 Å². The van der Waals surface area contributed by atoms with Gasteiger partial charge in [-0.2, -0.15) is 0 Å². The van der Waals surface area contributed by atoms with E-state index in [0.29, 0.717) is 24.0 Å². The molecule has 0 aliphatic heterocycles. The highest BCUT2D eigenvalue weighted by Gasteiger charge is 2.38. The van der Waals surface area contributed by atoms with Crippen molar-refractivity contribution in [1.82, 2.24) is 4.98 Å². The number of carbonyl (C=O) groups excluding carboxylic acids is 1. The molecule has 1 aliphatic carbocycles. The minimum atomic E-state index is 0.342. The van der Waals surface area contributed by atoms with E-state index in [0.717, 1.165) is 11.4 Å². The Labute approximate surface area is 75.6 Å². The van der Waals surface area contributed by atoms with Gasteiger partial charge in [-0.1, -0.05) is 6.92 Å². The summed E-state index contributed by atoms with van der Waals surface area (Å²) >= 11 is 1.57. The summed E-state index contributed by atoms with van der Waals surface area (Å²) < 4.78 is 0. The minimum Gasteiger partial charge on any atom is -0.299 e. The molecule has 0 aromatic carbocycles. The number of carbonyl (C=O) groups is 1. The average molecular weight is 181 g/mol. The Hall–Kier alpha value is -0.700. The Balaban J connectivity index is 1.92. The van der Waals surface area contributed by atoms with Crippen LogP contribution in [0.5, 0.6) is 0 Å². The zero-order chi connectivity index (χ0) is 8.55. The van der Waals surface area contributed by atoms with Crippen LogP contribution < -0.4 is 0 Å². The summed E-state index contributed by atoms with van der Waals surface area (Å²) in [6.07, 6.45) is 3.39. The highest BCUT2D eigenvalue weighted by atomic mass is 32.1. The predicted molar refractivity (Wildman–Crippen MR) is 48.1 cm³/mol. The summed E-state index contributed by atoms with van der Waals surface area (Å²) in [5, 5.41) is 2.87. The van der Waals surface area contributed by atoms with Gasteiger partial charge in [0, 0.05) is 17.5 Å². The van der Waals surface area contributed by atoms with Gasteiger partial charge in [0.2, 0.25) is 0 Å². The van der Waals surface area contributed by atoms with Crippen molar-refractivity contribution in [2.75, 3.05) is 0 Å². The maximum absolute atomic E-state index is 11.4. The van der Waals surface area contributed by atoms with Crippen LogP contribution in [0.2, 0.25) is 0 Å². The molecule has 2 nitrogen and oxygen atoms in total. The summed E-state index contributed by atoms with van der Waals surface area (Å²) in [7, 11) is 0. The molecule has 0 spiro atoms. The van der Waals surface area contributed by atoms with Crippen LogP contribution in [0, 0.1) is 11.8 Å². The minimum absolute atomic E-state index is 0.342. The Kier molecular flexibility index (Phi) is 1.97. The first-order chi connectivity index (χ1) is 5.77.